The first-order chi connectivity index (χ1) is 23.4. The van der Waals surface area contributed by atoms with Gasteiger partial charge in [-0.1, -0.05) is 43.3 Å². The number of halogens is 3. The lowest BCUT2D eigenvalue weighted by atomic mass is 9.68. The fourth-order valence-electron chi connectivity index (χ4n) is 8.80. The molecule has 1 spiro atoms. The van der Waals surface area contributed by atoms with Crippen LogP contribution in [0, 0.1) is 17.8 Å². The fourth-order valence-corrected chi connectivity index (χ4v) is 8.80. The van der Waals surface area contributed by atoms with Gasteiger partial charge in [0.1, 0.15) is 5.69 Å². The number of ketones is 2. The molecule has 3 unspecified atom stereocenters. The molecule has 3 aromatic heterocycles. The third-order valence-corrected chi connectivity index (χ3v) is 11.2. The van der Waals surface area contributed by atoms with E-state index in [1.807, 2.05) is 36.7 Å². The lowest BCUT2D eigenvalue weighted by molar-refractivity contribution is -0.142. The molecule has 2 aliphatic heterocycles. The lowest BCUT2D eigenvalue weighted by Gasteiger charge is -2.40. The summed E-state index contributed by atoms with van der Waals surface area (Å²) in [5.41, 5.74) is 4.45. The molecule has 3 N–H and O–H groups in total. The quantitative estimate of drug-likeness (QED) is 0.212. The van der Waals surface area contributed by atoms with E-state index >= 15 is 0 Å². The summed E-state index contributed by atoms with van der Waals surface area (Å²) < 4.78 is 44.4. The third-order valence-electron chi connectivity index (χ3n) is 11.2. The second kappa shape index (κ2) is 10.3. The van der Waals surface area contributed by atoms with Crippen LogP contribution in [0.4, 0.5) is 24.8 Å². The molecule has 9 rings (SSSR count). The van der Waals surface area contributed by atoms with E-state index in [9.17, 15) is 22.8 Å². The minimum absolute atomic E-state index is 0.0624. The smallest absolute Gasteiger partial charge is 0.342 e. The zero-order valence-electron chi connectivity index (χ0n) is 27.0. The maximum absolute atomic E-state index is 14.2. The van der Waals surface area contributed by atoms with Gasteiger partial charge >= 0.3 is 6.18 Å². The molecule has 1 aromatic carbocycles. The average molecular weight is 666 g/mol. The highest BCUT2D eigenvalue weighted by atomic mass is 19.4. The van der Waals surface area contributed by atoms with Gasteiger partial charge in [0.15, 0.2) is 23.2 Å². The summed E-state index contributed by atoms with van der Waals surface area (Å²) in [6.07, 6.45) is 2.42. The number of alkyl halides is 3. The average Bonchev–Trinajstić information content (AvgIpc) is 3.51. The maximum Gasteiger partial charge on any atom is 0.433 e. The van der Waals surface area contributed by atoms with Crippen LogP contribution in [0.3, 0.4) is 0 Å². The van der Waals surface area contributed by atoms with Crippen molar-refractivity contribution in [2.75, 3.05) is 10.6 Å². The topological polar surface area (TPSA) is 118 Å². The number of hydrogen-bond donors (Lipinski definition) is 3. The number of carbonyl (C=O) groups excluding carboxylic acids is 2. The van der Waals surface area contributed by atoms with E-state index in [0.29, 0.717) is 36.2 Å². The van der Waals surface area contributed by atoms with Crippen molar-refractivity contribution in [3.05, 3.63) is 111 Å². The molecule has 0 bridgehead atoms. The van der Waals surface area contributed by atoms with Crippen molar-refractivity contribution in [1.82, 2.24) is 25.0 Å². The number of rotatable bonds is 4. The SMILES string of the molecule is Cc1c2c(nn1CC1(C)CC(=O)C3=C(C1)Nc1n[nH]c(C(F)(F)F)c1C3c1cccnc1)NC1=C(C(=O)CC3(CC3)C1)C2c1ccccc1. The van der Waals surface area contributed by atoms with E-state index in [1.54, 1.807) is 18.3 Å². The van der Waals surface area contributed by atoms with Crippen molar-refractivity contribution >= 4 is 23.2 Å². The Balaban J connectivity index is 1.09. The minimum Gasteiger partial charge on any atom is -0.342 e. The molecule has 5 heterocycles. The zero-order valence-corrected chi connectivity index (χ0v) is 27.0. The summed E-state index contributed by atoms with van der Waals surface area (Å²) in [6, 6.07) is 13.4. The molecule has 1 saturated carbocycles. The number of benzene rings is 1. The number of pyridine rings is 1. The number of aromatic nitrogens is 5. The zero-order chi connectivity index (χ0) is 33.9. The Morgan fingerprint density at radius 1 is 0.857 bits per heavy atom. The van der Waals surface area contributed by atoms with E-state index in [4.69, 9.17) is 5.10 Å². The molecule has 250 valence electrons. The number of Topliss-reactive ketones (excluding diaryl/α,β-unsaturated/α-hetero) is 2. The van der Waals surface area contributed by atoms with E-state index < -0.39 is 23.2 Å². The summed E-state index contributed by atoms with van der Waals surface area (Å²) in [5.74, 6) is -0.452. The summed E-state index contributed by atoms with van der Waals surface area (Å²) in [4.78, 5) is 32.1. The Morgan fingerprint density at radius 3 is 2.22 bits per heavy atom. The van der Waals surface area contributed by atoms with Crippen LogP contribution in [0.1, 0.15) is 90.9 Å². The van der Waals surface area contributed by atoms with Gasteiger partial charge in [-0.25, -0.2) is 0 Å². The van der Waals surface area contributed by atoms with Gasteiger partial charge in [-0.15, -0.1) is 0 Å². The van der Waals surface area contributed by atoms with Crippen LogP contribution in [0.5, 0.6) is 0 Å². The molecule has 0 saturated heterocycles. The van der Waals surface area contributed by atoms with Crippen LogP contribution in [0.15, 0.2) is 77.4 Å². The van der Waals surface area contributed by atoms with Crippen LogP contribution >= 0.6 is 0 Å². The molecule has 0 radical (unpaired) electrons. The van der Waals surface area contributed by atoms with Crippen molar-refractivity contribution in [2.24, 2.45) is 10.8 Å². The number of fused-ring (bicyclic) bond motifs is 2. The standard InChI is InChI=1S/C37H34F3N7O2/c1-19-26-27(20-7-4-3-5-8-20)30-23(14-36(10-11-36)16-25(30)49)43-34(26)46-47(19)18-35(2)13-22-29(24(48)15-35)28(21-9-6-12-41-17-21)31-32(37(38,39)40)44-45-33(31)42-22/h3-9,12,17,27-28H,10-11,13-16,18H2,1-2H3,(H,43,46)(H2,42,44,45). The van der Waals surface area contributed by atoms with E-state index in [1.165, 1.54) is 6.20 Å². The first-order valence-electron chi connectivity index (χ1n) is 16.7. The van der Waals surface area contributed by atoms with Crippen LogP contribution in [-0.4, -0.2) is 36.5 Å². The van der Waals surface area contributed by atoms with Crippen molar-refractivity contribution in [1.29, 1.82) is 0 Å². The molecule has 4 aromatic rings. The molecule has 3 atom stereocenters. The highest BCUT2D eigenvalue weighted by Crippen LogP contribution is 2.60. The van der Waals surface area contributed by atoms with Crippen molar-refractivity contribution in [2.45, 2.75) is 76.9 Å². The van der Waals surface area contributed by atoms with Gasteiger partial charge < -0.3 is 10.6 Å². The largest absolute Gasteiger partial charge is 0.433 e. The van der Waals surface area contributed by atoms with Crippen LogP contribution in [-0.2, 0) is 22.3 Å². The first-order valence-corrected chi connectivity index (χ1v) is 16.7. The normalized spacial score (nSPS) is 25.3. The minimum atomic E-state index is -4.69. The second-order valence-corrected chi connectivity index (χ2v) is 14.8. The van der Waals surface area contributed by atoms with Crippen molar-refractivity contribution < 1.29 is 22.8 Å². The Hall–Kier alpha value is -5.00. The number of carbonyl (C=O) groups is 2. The number of nitrogens with one attached hydrogen (secondary N) is 3. The fraction of sp³-hybridized carbons (Fsp3) is 0.378. The van der Waals surface area contributed by atoms with Crippen LogP contribution in [0.25, 0.3) is 0 Å². The molecule has 9 nitrogen and oxygen atoms in total. The first kappa shape index (κ1) is 30.1. The van der Waals surface area contributed by atoms with Crippen molar-refractivity contribution in [3.8, 4) is 0 Å². The number of anilines is 2. The molecule has 0 amide bonds. The van der Waals surface area contributed by atoms with Crippen molar-refractivity contribution in [3.63, 3.8) is 0 Å². The van der Waals surface area contributed by atoms with Gasteiger partial charge in [0.2, 0.25) is 0 Å². The Kier molecular flexibility index (Phi) is 6.30. The number of H-pyrrole nitrogens is 1. The summed E-state index contributed by atoms with van der Waals surface area (Å²) in [5, 5.41) is 18.0. The van der Waals surface area contributed by atoms with E-state index in [2.05, 4.69) is 37.9 Å². The second-order valence-electron chi connectivity index (χ2n) is 14.8. The Morgan fingerprint density at radius 2 is 1.53 bits per heavy atom. The number of nitrogens with zero attached hydrogens (tertiary/aromatic N) is 4. The van der Waals surface area contributed by atoms with Gasteiger partial charge in [-0.3, -0.25) is 24.4 Å². The molecular weight excluding hydrogens is 631 g/mol. The predicted octanol–water partition coefficient (Wildman–Crippen LogP) is 7.16. The maximum atomic E-state index is 14.2. The van der Waals surface area contributed by atoms with Gasteiger partial charge in [0.25, 0.3) is 0 Å². The van der Waals surface area contributed by atoms with Gasteiger partial charge in [-0.2, -0.15) is 23.4 Å². The van der Waals surface area contributed by atoms with E-state index in [0.717, 1.165) is 53.2 Å². The van der Waals surface area contributed by atoms with Gasteiger partial charge in [0, 0.05) is 83.0 Å². The Labute approximate surface area is 280 Å². The van der Waals surface area contributed by atoms with Crippen LogP contribution in [0.2, 0.25) is 0 Å². The Bertz CT molecular complexity index is 2120. The molecule has 49 heavy (non-hydrogen) atoms. The monoisotopic (exact) mass is 665 g/mol. The summed E-state index contributed by atoms with van der Waals surface area (Å²) >= 11 is 0. The highest BCUT2D eigenvalue weighted by Gasteiger charge is 2.52. The molecule has 12 heteroatoms. The molecular formula is C37H34F3N7O2. The van der Waals surface area contributed by atoms with Crippen LogP contribution < -0.4 is 10.6 Å². The lowest BCUT2D eigenvalue weighted by Crippen LogP contribution is -2.38. The summed E-state index contributed by atoms with van der Waals surface area (Å²) in [6.45, 7) is 4.42. The number of allylic oxidation sites excluding steroid dienone is 4. The number of aromatic amines is 1. The molecule has 3 aliphatic carbocycles. The number of hydrogen-bond acceptors (Lipinski definition) is 7. The van der Waals surface area contributed by atoms with E-state index in [-0.39, 0.29) is 40.7 Å². The molecule has 1 fully saturated rings. The van der Waals surface area contributed by atoms with Gasteiger partial charge in [0.05, 0.1) is 0 Å². The van der Waals surface area contributed by atoms with Gasteiger partial charge in [-0.05, 0) is 60.6 Å². The predicted molar refractivity (Wildman–Crippen MR) is 174 cm³/mol. The highest BCUT2D eigenvalue weighted by molar-refractivity contribution is 6.02. The summed E-state index contributed by atoms with van der Waals surface area (Å²) in [7, 11) is 0. The molecule has 5 aliphatic rings. The third kappa shape index (κ3) is 4.70.